The molecule has 1 aliphatic carbocycles. The van der Waals surface area contributed by atoms with Crippen LogP contribution in [-0.4, -0.2) is 22.0 Å². The Hall–Kier alpha value is -1.52. The first kappa shape index (κ1) is 16.5. The van der Waals surface area contributed by atoms with E-state index in [1.165, 1.54) is 19.1 Å². The predicted octanol–water partition coefficient (Wildman–Crippen LogP) is 3.24. The van der Waals surface area contributed by atoms with Crippen molar-refractivity contribution in [3.8, 4) is 0 Å². The third-order valence-corrected chi connectivity index (χ3v) is 3.86. The molecule has 0 amide bonds. The average molecular weight is 281 g/mol. The number of nitro groups is 1. The van der Waals surface area contributed by atoms with Crippen molar-refractivity contribution in [1.82, 2.24) is 0 Å². The Bertz CT molecular complexity index is 403. The lowest BCUT2D eigenvalue weighted by atomic mass is 9.85. The molecule has 1 aliphatic rings. The van der Waals surface area contributed by atoms with Crippen molar-refractivity contribution in [3.63, 3.8) is 0 Å². The van der Waals surface area contributed by atoms with Crippen LogP contribution in [0.4, 0.5) is 0 Å². The molecule has 0 aliphatic heterocycles. The van der Waals surface area contributed by atoms with Crippen molar-refractivity contribution in [2.24, 2.45) is 0 Å². The molecule has 1 saturated carbocycles. The summed E-state index contributed by atoms with van der Waals surface area (Å²) < 4.78 is 0. The van der Waals surface area contributed by atoms with E-state index in [9.17, 15) is 19.7 Å². The fourth-order valence-electron chi connectivity index (χ4n) is 2.61. The summed E-state index contributed by atoms with van der Waals surface area (Å²) in [4.78, 5) is 34.3. The highest BCUT2D eigenvalue weighted by atomic mass is 16.6. The first-order chi connectivity index (χ1) is 9.49. The molecule has 0 heterocycles. The topological polar surface area (TPSA) is 77.3 Å². The maximum Gasteiger partial charge on any atom is 0.297 e. The third-order valence-electron chi connectivity index (χ3n) is 3.86. The number of carbonyl (C=O) groups excluding carboxylic acids is 2. The first-order valence-electron chi connectivity index (χ1n) is 7.36. The molecular weight excluding hydrogens is 258 g/mol. The van der Waals surface area contributed by atoms with Crippen molar-refractivity contribution >= 4 is 11.6 Å². The van der Waals surface area contributed by atoms with Crippen LogP contribution < -0.4 is 0 Å². The molecule has 1 rings (SSSR count). The molecule has 5 nitrogen and oxygen atoms in total. The molecule has 0 aromatic heterocycles. The summed E-state index contributed by atoms with van der Waals surface area (Å²) >= 11 is 0. The second-order valence-electron chi connectivity index (χ2n) is 5.52. The minimum absolute atomic E-state index is 0.197. The Labute approximate surface area is 119 Å². The van der Waals surface area contributed by atoms with Gasteiger partial charge in [0.05, 0.1) is 0 Å². The highest BCUT2D eigenvalue weighted by Gasteiger charge is 2.46. The van der Waals surface area contributed by atoms with Gasteiger partial charge in [-0.1, -0.05) is 32.1 Å². The Morgan fingerprint density at radius 3 is 2.25 bits per heavy atom. The number of carbonyl (C=O) groups is 2. The summed E-state index contributed by atoms with van der Waals surface area (Å²) in [5, 5.41) is 11.5. The molecule has 0 aromatic carbocycles. The largest absolute Gasteiger partial charge is 0.297 e. The molecule has 20 heavy (non-hydrogen) atoms. The summed E-state index contributed by atoms with van der Waals surface area (Å²) in [7, 11) is 0. The van der Waals surface area contributed by atoms with Crippen molar-refractivity contribution < 1.29 is 14.5 Å². The van der Waals surface area contributed by atoms with Crippen molar-refractivity contribution in [3.05, 3.63) is 22.3 Å². The number of rotatable bonds is 3. The van der Waals surface area contributed by atoms with E-state index < -0.39 is 10.5 Å². The van der Waals surface area contributed by atoms with Crippen molar-refractivity contribution in [2.45, 2.75) is 70.3 Å². The van der Waals surface area contributed by atoms with Crippen LogP contribution in [0.1, 0.15) is 64.7 Å². The maximum atomic E-state index is 12.3. The lowest BCUT2D eigenvalue weighted by molar-refractivity contribution is -0.539. The van der Waals surface area contributed by atoms with Crippen molar-refractivity contribution in [2.75, 3.05) is 0 Å². The number of ketones is 2. The van der Waals surface area contributed by atoms with E-state index in [1.54, 1.807) is 0 Å². The molecule has 0 N–H and O–H groups in total. The molecule has 0 spiro atoms. The quantitative estimate of drug-likeness (QED) is 0.452. The van der Waals surface area contributed by atoms with Crippen LogP contribution in [0.2, 0.25) is 0 Å². The summed E-state index contributed by atoms with van der Waals surface area (Å²) in [6.45, 7) is 1.33. The third kappa shape index (κ3) is 4.54. The van der Waals surface area contributed by atoms with E-state index in [1.807, 2.05) is 0 Å². The molecule has 0 aromatic rings. The van der Waals surface area contributed by atoms with Crippen LogP contribution in [0.25, 0.3) is 0 Å². The number of nitrogens with zero attached hydrogens (tertiary/aromatic N) is 1. The van der Waals surface area contributed by atoms with E-state index in [2.05, 4.69) is 0 Å². The van der Waals surface area contributed by atoms with Crippen molar-refractivity contribution in [1.29, 1.82) is 0 Å². The molecule has 1 unspecified atom stereocenters. The highest BCUT2D eigenvalue weighted by Crippen LogP contribution is 2.26. The molecular formula is C15H23NO4. The standard InChI is InChI=1S/C15H23NO4/c1-13(17)10-12-15(16(19)20)11-8-6-4-2-3-5-7-9-14(15)18/h10,12H,2-9,11H2,1H3/b12-10+. The van der Waals surface area contributed by atoms with Gasteiger partial charge in [-0.3, -0.25) is 19.7 Å². The summed E-state index contributed by atoms with van der Waals surface area (Å²) in [6.07, 6.45) is 9.26. The molecule has 1 atom stereocenters. The molecule has 1 fully saturated rings. The summed E-state index contributed by atoms with van der Waals surface area (Å²) in [6, 6.07) is 0. The second kappa shape index (κ2) is 7.92. The van der Waals surface area contributed by atoms with Gasteiger partial charge in [0.25, 0.3) is 5.54 Å². The van der Waals surface area contributed by atoms with E-state index in [0.717, 1.165) is 32.1 Å². The predicted molar refractivity (Wildman–Crippen MR) is 76.1 cm³/mol. The molecule has 112 valence electrons. The summed E-state index contributed by atoms with van der Waals surface area (Å²) in [5.41, 5.74) is -1.70. The zero-order chi connectivity index (χ0) is 15.0. The monoisotopic (exact) mass is 281 g/mol. The van der Waals surface area contributed by atoms with Gasteiger partial charge in [-0.15, -0.1) is 0 Å². The number of hydrogen-bond acceptors (Lipinski definition) is 4. The van der Waals surface area contributed by atoms with Crippen LogP contribution in [0, 0.1) is 10.1 Å². The Kier molecular flexibility index (Phi) is 6.55. The first-order valence-corrected chi connectivity index (χ1v) is 7.36. The van der Waals surface area contributed by atoms with Crippen LogP contribution in [0.5, 0.6) is 0 Å². The zero-order valence-corrected chi connectivity index (χ0v) is 12.1. The lowest BCUT2D eigenvalue weighted by Crippen LogP contribution is -2.44. The molecule has 0 saturated heterocycles. The van der Waals surface area contributed by atoms with Crippen LogP contribution in [0.3, 0.4) is 0 Å². The van der Waals surface area contributed by atoms with Gasteiger partial charge in [0.1, 0.15) is 0 Å². The maximum absolute atomic E-state index is 12.3. The fourth-order valence-corrected chi connectivity index (χ4v) is 2.61. The Balaban J connectivity index is 3.00. The molecule has 0 bridgehead atoms. The second-order valence-corrected chi connectivity index (χ2v) is 5.52. The van der Waals surface area contributed by atoms with Crippen LogP contribution in [0.15, 0.2) is 12.2 Å². The van der Waals surface area contributed by atoms with Gasteiger partial charge in [-0.2, -0.15) is 0 Å². The smallest absolute Gasteiger partial charge is 0.295 e. The van der Waals surface area contributed by atoms with Gasteiger partial charge in [0, 0.05) is 23.8 Å². The van der Waals surface area contributed by atoms with Gasteiger partial charge in [-0.25, -0.2) is 0 Å². The normalized spacial score (nSPS) is 26.1. The zero-order valence-electron chi connectivity index (χ0n) is 12.1. The number of allylic oxidation sites excluding steroid dienone is 1. The summed E-state index contributed by atoms with van der Waals surface area (Å²) in [5.74, 6) is -0.629. The van der Waals surface area contributed by atoms with E-state index in [0.29, 0.717) is 12.8 Å². The Morgan fingerprint density at radius 1 is 1.15 bits per heavy atom. The minimum atomic E-state index is -1.70. The van der Waals surface area contributed by atoms with Crippen LogP contribution in [-0.2, 0) is 9.59 Å². The fraction of sp³-hybridized carbons (Fsp3) is 0.733. The minimum Gasteiger partial charge on any atom is -0.295 e. The van der Waals surface area contributed by atoms with E-state index in [-0.39, 0.29) is 24.4 Å². The molecule has 5 heteroatoms. The van der Waals surface area contributed by atoms with Crippen LogP contribution >= 0.6 is 0 Å². The van der Waals surface area contributed by atoms with E-state index >= 15 is 0 Å². The number of Topliss-reactive ketones (excluding diaryl/α,β-unsaturated/α-hetero) is 1. The van der Waals surface area contributed by atoms with Gasteiger partial charge in [-0.05, 0) is 25.8 Å². The van der Waals surface area contributed by atoms with Gasteiger partial charge in [0.15, 0.2) is 5.78 Å². The molecule has 0 radical (unpaired) electrons. The number of hydrogen-bond donors (Lipinski definition) is 0. The Morgan fingerprint density at radius 2 is 1.70 bits per heavy atom. The van der Waals surface area contributed by atoms with E-state index in [4.69, 9.17) is 0 Å². The SMILES string of the molecule is CC(=O)/C=C/C1([N+](=O)[O-])CCCCCCCCCC1=O. The van der Waals surface area contributed by atoms with Gasteiger partial charge >= 0.3 is 0 Å². The highest BCUT2D eigenvalue weighted by molar-refractivity contribution is 5.92. The van der Waals surface area contributed by atoms with Gasteiger partial charge < -0.3 is 0 Å². The van der Waals surface area contributed by atoms with Gasteiger partial charge in [0.2, 0.25) is 5.78 Å². The average Bonchev–Trinajstić information content (AvgIpc) is 2.42. The lowest BCUT2D eigenvalue weighted by Gasteiger charge is -2.20.